The lowest BCUT2D eigenvalue weighted by molar-refractivity contribution is -0.143. The summed E-state index contributed by atoms with van der Waals surface area (Å²) in [6.07, 6.45) is 2.24. The molecule has 1 aliphatic heterocycles. The summed E-state index contributed by atoms with van der Waals surface area (Å²) in [5.74, 6) is -0.458. The second-order valence-electron chi connectivity index (χ2n) is 5.82. The van der Waals surface area contributed by atoms with Crippen LogP contribution in [0.5, 0.6) is 5.88 Å². The van der Waals surface area contributed by atoms with Crippen LogP contribution in [0.1, 0.15) is 22.3 Å². The maximum atomic E-state index is 12.1. The van der Waals surface area contributed by atoms with E-state index in [-0.39, 0.29) is 19.3 Å². The van der Waals surface area contributed by atoms with Crippen LogP contribution in [0.2, 0.25) is 0 Å². The Morgan fingerprint density at radius 2 is 2.04 bits per heavy atom. The molecular formula is C19H20N2O5. The van der Waals surface area contributed by atoms with Gasteiger partial charge < -0.3 is 19.5 Å². The van der Waals surface area contributed by atoms with Crippen molar-refractivity contribution in [2.24, 2.45) is 0 Å². The zero-order chi connectivity index (χ0) is 18.2. The third-order valence-corrected chi connectivity index (χ3v) is 3.81. The number of carbonyl (C=O) groups excluding carboxylic acids is 2. The quantitative estimate of drug-likeness (QED) is 0.760. The SMILES string of the molecule is O=C(CNC(=O)c1ccc(OC2CCOC2)nc1)OCc1ccccc1. The highest BCUT2D eigenvalue weighted by molar-refractivity contribution is 5.95. The number of ether oxygens (including phenoxy) is 3. The molecule has 7 nitrogen and oxygen atoms in total. The highest BCUT2D eigenvalue weighted by Crippen LogP contribution is 2.14. The summed E-state index contributed by atoms with van der Waals surface area (Å²) >= 11 is 0. The van der Waals surface area contributed by atoms with E-state index in [2.05, 4.69) is 10.3 Å². The summed E-state index contributed by atoms with van der Waals surface area (Å²) in [6.45, 7) is 1.21. The molecule has 1 saturated heterocycles. The molecule has 1 aliphatic rings. The van der Waals surface area contributed by atoms with E-state index in [0.29, 0.717) is 24.7 Å². The molecule has 1 amide bonds. The van der Waals surface area contributed by atoms with Gasteiger partial charge in [-0.1, -0.05) is 30.3 Å². The fourth-order valence-corrected chi connectivity index (χ4v) is 2.40. The summed E-state index contributed by atoms with van der Waals surface area (Å²) in [5.41, 5.74) is 1.23. The lowest BCUT2D eigenvalue weighted by Gasteiger charge is -2.11. The molecule has 7 heteroatoms. The summed E-state index contributed by atoms with van der Waals surface area (Å²) in [6, 6.07) is 12.6. The fraction of sp³-hybridized carbons (Fsp3) is 0.316. The average Bonchev–Trinajstić information content (AvgIpc) is 3.19. The van der Waals surface area contributed by atoms with Gasteiger partial charge in [0.1, 0.15) is 19.3 Å². The van der Waals surface area contributed by atoms with Gasteiger partial charge in [-0.05, 0) is 11.6 Å². The molecule has 0 saturated carbocycles. The van der Waals surface area contributed by atoms with Gasteiger partial charge in [-0.15, -0.1) is 0 Å². The second-order valence-corrected chi connectivity index (χ2v) is 5.82. The van der Waals surface area contributed by atoms with E-state index in [0.717, 1.165) is 12.0 Å². The maximum absolute atomic E-state index is 12.1. The van der Waals surface area contributed by atoms with Crippen LogP contribution in [0.4, 0.5) is 0 Å². The molecule has 0 aliphatic carbocycles. The summed E-state index contributed by atoms with van der Waals surface area (Å²) < 4.78 is 16.0. The van der Waals surface area contributed by atoms with Crippen molar-refractivity contribution >= 4 is 11.9 Å². The molecule has 136 valence electrons. The van der Waals surface area contributed by atoms with E-state index in [4.69, 9.17) is 14.2 Å². The number of carbonyl (C=O) groups is 2. The fourth-order valence-electron chi connectivity index (χ4n) is 2.40. The Hall–Kier alpha value is -2.93. The second kappa shape index (κ2) is 8.96. The Kier molecular flexibility index (Phi) is 6.16. The zero-order valence-electron chi connectivity index (χ0n) is 14.2. The van der Waals surface area contributed by atoms with E-state index < -0.39 is 11.9 Å². The number of esters is 1. The van der Waals surface area contributed by atoms with Crippen molar-refractivity contribution in [1.29, 1.82) is 0 Å². The Balaban J connectivity index is 1.41. The molecule has 1 fully saturated rings. The van der Waals surface area contributed by atoms with Crippen LogP contribution < -0.4 is 10.1 Å². The van der Waals surface area contributed by atoms with Gasteiger partial charge in [-0.2, -0.15) is 0 Å². The predicted molar refractivity (Wildman–Crippen MR) is 92.7 cm³/mol. The van der Waals surface area contributed by atoms with Crippen molar-refractivity contribution in [3.63, 3.8) is 0 Å². The number of pyridine rings is 1. The van der Waals surface area contributed by atoms with E-state index in [1.165, 1.54) is 6.20 Å². The van der Waals surface area contributed by atoms with Crippen LogP contribution in [0, 0.1) is 0 Å². The highest BCUT2D eigenvalue weighted by atomic mass is 16.5. The molecule has 2 aromatic rings. The van der Waals surface area contributed by atoms with Gasteiger partial charge in [-0.3, -0.25) is 9.59 Å². The number of nitrogens with one attached hydrogen (secondary N) is 1. The van der Waals surface area contributed by atoms with Gasteiger partial charge in [0.25, 0.3) is 5.91 Å². The first-order valence-corrected chi connectivity index (χ1v) is 8.39. The average molecular weight is 356 g/mol. The van der Waals surface area contributed by atoms with Crippen LogP contribution in [0.3, 0.4) is 0 Å². The van der Waals surface area contributed by atoms with Crippen LogP contribution in [0.25, 0.3) is 0 Å². The van der Waals surface area contributed by atoms with Crippen molar-refractivity contribution in [2.75, 3.05) is 19.8 Å². The number of aromatic nitrogens is 1. The molecule has 0 spiro atoms. The molecule has 26 heavy (non-hydrogen) atoms. The molecule has 1 atom stereocenters. The normalized spacial score (nSPS) is 16.1. The summed E-state index contributed by atoms with van der Waals surface area (Å²) in [4.78, 5) is 27.9. The number of hydrogen-bond acceptors (Lipinski definition) is 6. The van der Waals surface area contributed by atoms with Gasteiger partial charge in [0, 0.05) is 18.7 Å². The third kappa shape index (κ3) is 5.29. The van der Waals surface area contributed by atoms with Crippen molar-refractivity contribution in [3.05, 3.63) is 59.8 Å². The van der Waals surface area contributed by atoms with E-state index >= 15 is 0 Å². The molecule has 2 heterocycles. The minimum atomic E-state index is -0.503. The first-order valence-electron chi connectivity index (χ1n) is 8.39. The van der Waals surface area contributed by atoms with Gasteiger partial charge in [0.05, 0.1) is 18.8 Å². The molecule has 1 N–H and O–H groups in total. The first-order chi connectivity index (χ1) is 12.7. The van der Waals surface area contributed by atoms with Crippen molar-refractivity contribution in [2.45, 2.75) is 19.1 Å². The van der Waals surface area contributed by atoms with Crippen LogP contribution >= 0.6 is 0 Å². The topological polar surface area (TPSA) is 86.8 Å². The van der Waals surface area contributed by atoms with Crippen molar-refractivity contribution < 1.29 is 23.8 Å². The third-order valence-electron chi connectivity index (χ3n) is 3.81. The van der Waals surface area contributed by atoms with Crippen molar-refractivity contribution in [1.82, 2.24) is 10.3 Å². The van der Waals surface area contributed by atoms with Crippen LogP contribution in [0.15, 0.2) is 48.7 Å². The minimum Gasteiger partial charge on any atom is -0.472 e. The minimum absolute atomic E-state index is 0.00145. The number of nitrogens with zero attached hydrogens (tertiary/aromatic N) is 1. The summed E-state index contributed by atoms with van der Waals surface area (Å²) in [5, 5.41) is 2.51. The molecule has 0 radical (unpaired) electrons. The monoisotopic (exact) mass is 356 g/mol. The van der Waals surface area contributed by atoms with Gasteiger partial charge in [-0.25, -0.2) is 4.98 Å². The lowest BCUT2D eigenvalue weighted by Crippen LogP contribution is -2.30. The lowest BCUT2D eigenvalue weighted by atomic mass is 10.2. The Bertz CT molecular complexity index is 727. The molecule has 1 aromatic heterocycles. The highest BCUT2D eigenvalue weighted by Gasteiger charge is 2.18. The molecule has 1 aromatic carbocycles. The number of benzene rings is 1. The number of amides is 1. The van der Waals surface area contributed by atoms with E-state index in [9.17, 15) is 9.59 Å². The van der Waals surface area contributed by atoms with Gasteiger partial charge >= 0.3 is 5.97 Å². The van der Waals surface area contributed by atoms with Crippen LogP contribution in [-0.2, 0) is 20.9 Å². The maximum Gasteiger partial charge on any atom is 0.325 e. The van der Waals surface area contributed by atoms with E-state index in [1.807, 2.05) is 30.3 Å². The number of hydrogen-bond donors (Lipinski definition) is 1. The van der Waals surface area contributed by atoms with Gasteiger partial charge in [0.15, 0.2) is 0 Å². The zero-order valence-corrected chi connectivity index (χ0v) is 14.2. The van der Waals surface area contributed by atoms with Crippen LogP contribution in [-0.4, -0.2) is 42.7 Å². The summed E-state index contributed by atoms with van der Waals surface area (Å²) in [7, 11) is 0. The Morgan fingerprint density at radius 1 is 1.19 bits per heavy atom. The standard InChI is InChI=1S/C19H20N2O5/c22-18(25-12-14-4-2-1-3-5-14)11-21-19(23)15-6-7-17(20-10-15)26-16-8-9-24-13-16/h1-7,10,16H,8-9,11-13H2,(H,21,23). The molecule has 3 rings (SSSR count). The number of rotatable bonds is 7. The van der Waals surface area contributed by atoms with Gasteiger partial charge in [0.2, 0.25) is 5.88 Å². The predicted octanol–water partition coefficient (Wildman–Crippen LogP) is 1.72. The molecular weight excluding hydrogens is 336 g/mol. The first kappa shape index (κ1) is 17.9. The smallest absolute Gasteiger partial charge is 0.325 e. The Labute approximate surface area is 151 Å². The molecule has 1 unspecified atom stereocenters. The molecule has 0 bridgehead atoms. The Morgan fingerprint density at radius 3 is 2.73 bits per heavy atom. The largest absolute Gasteiger partial charge is 0.472 e. The van der Waals surface area contributed by atoms with Crippen molar-refractivity contribution in [3.8, 4) is 5.88 Å². The van der Waals surface area contributed by atoms with E-state index in [1.54, 1.807) is 12.1 Å².